The molecule has 4 aliphatic rings. The lowest BCUT2D eigenvalue weighted by molar-refractivity contribution is 0.0331. The zero-order valence-electron chi connectivity index (χ0n) is 14.7. The van der Waals surface area contributed by atoms with Gasteiger partial charge in [-0.05, 0) is 44.9 Å². The smallest absolute Gasteiger partial charge is 0.333 e. The molecule has 26 heavy (non-hydrogen) atoms. The maximum absolute atomic E-state index is 15.0. The molecule has 6 rings (SSSR count). The summed E-state index contributed by atoms with van der Waals surface area (Å²) in [6, 6.07) is 3.13. The van der Waals surface area contributed by atoms with Crippen LogP contribution in [-0.4, -0.2) is 46.3 Å². The van der Waals surface area contributed by atoms with E-state index in [0.717, 1.165) is 44.5 Å². The molecule has 0 unspecified atom stereocenters. The van der Waals surface area contributed by atoms with Gasteiger partial charge in [-0.25, -0.2) is 9.97 Å². The first-order chi connectivity index (χ1) is 12.5. The van der Waals surface area contributed by atoms with Gasteiger partial charge in [-0.2, -0.15) is 13.9 Å². The van der Waals surface area contributed by atoms with Gasteiger partial charge >= 0.3 is 5.92 Å². The third-order valence-electron chi connectivity index (χ3n) is 5.99. The summed E-state index contributed by atoms with van der Waals surface area (Å²) in [4.78, 5) is 10.6. The third kappa shape index (κ3) is 2.42. The molecule has 4 fully saturated rings. The molecule has 6 nitrogen and oxygen atoms in total. The largest absolute Gasteiger partial charge is 0.337 e. The van der Waals surface area contributed by atoms with E-state index in [1.165, 1.54) is 18.3 Å². The number of H-pyrrole nitrogens is 1. The minimum atomic E-state index is -3.23. The highest BCUT2D eigenvalue weighted by Gasteiger charge is 2.55. The van der Waals surface area contributed by atoms with E-state index in [1.54, 1.807) is 0 Å². The molecule has 2 aromatic rings. The van der Waals surface area contributed by atoms with Gasteiger partial charge in [0.15, 0.2) is 0 Å². The van der Waals surface area contributed by atoms with Crippen molar-refractivity contribution in [3.8, 4) is 0 Å². The number of rotatable bonds is 6. The molecular weight excluding hydrogens is 338 g/mol. The van der Waals surface area contributed by atoms with E-state index in [4.69, 9.17) is 0 Å². The quantitative estimate of drug-likeness (QED) is 0.828. The fourth-order valence-electron chi connectivity index (χ4n) is 4.48. The SMILES string of the molecule is CNCC12CC(C1)N(c1nccc(C(F)(F)c3cc(C4CC4)[nH]n3)n1)C2. The minimum absolute atomic E-state index is 0.239. The van der Waals surface area contributed by atoms with Crippen LogP contribution < -0.4 is 10.2 Å². The number of aromatic amines is 1. The Kier molecular flexibility index (Phi) is 3.38. The van der Waals surface area contributed by atoms with Crippen LogP contribution in [0.25, 0.3) is 0 Å². The van der Waals surface area contributed by atoms with Gasteiger partial charge in [-0.15, -0.1) is 0 Å². The third-order valence-corrected chi connectivity index (χ3v) is 5.99. The van der Waals surface area contributed by atoms with Crippen LogP contribution in [0.15, 0.2) is 18.3 Å². The second kappa shape index (κ2) is 5.45. The zero-order chi connectivity index (χ0) is 17.9. The Balaban J connectivity index is 1.41. The van der Waals surface area contributed by atoms with E-state index >= 15 is 0 Å². The van der Waals surface area contributed by atoms with E-state index in [9.17, 15) is 8.78 Å². The molecule has 2 saturated heterocycles. The Morgan fingerprint density at radius 2 is 2.15 bits per heavy atom. The lowest BCUT2D eigenvalue weighted by atomic mass is 9.70. The predicted molar refractivity (Wildman–Crippen MR) is 92.3 cm³/mol. The number of hydrogen-bond donors (Lipinski definition) is 2. The molecule has 0 radical (unpaired) electrons. The molecule has 8 heteroatoms. The fraction of sp³-hybridized carbons (Fsp3) is 0.611. The number of fused-ring (bicyclic) bond motifs is 1. The number of nitrogens with one attached hydrogen (secondary N) is 2. The van der Waals surface area contributed by atoms with E-state index in [2.05, 4.69) is 30.4 Å². The number of aromatic nitrogens is 4. The molecule has 0 amide bonds. The summed E-state index contributed by atoms with van der Waals surface area (Å²) in [6.07, 6.45) is 5.65. The van der Waals surface area contributed by atoms with E-state index in [0.29, 0.717) is 17.9 Å². The lowest BCUT2D eigenvalue weighted by Gasteiger charge is -2.36. The average molecular weight is 360 g/mol. The molecular formula is C18H22F2N6. The molecule has 0 aromatic carbocycles. The molecule has 2 aromatic heterocycles. The summed E-state index contributed by atoms with van der Waals surface area (Å²) in [7, 11) is 1.95. The standard InChI is InChI=1S/C18H22F2N6/c1-21-9-17-7-12(8-17)26(10-17)16-22-5-4-14(23-16)18(19,20)15-6-13(24-25-15)11-2-3-11/h4-6,11-12,21H,2-3,7-10H2,1H3,(H,24,25). The van der Waals surface area contributed by atoms with E-state index < -0.39 is 5.92 Å². The van der Waals surface area contributed by atoms with Crippen LogP contribution in [0.1, 0.15) is 48.7 Å². The Labute approximate surface area is 150 Å². The summed E-state index contributed by atoms with van der Waals surface area (Å²) in [5, 5.41) is 9.84. The van der Waals surface area contributed by atoms with Crippen molar-refractivity contribution < 1.29 is 8.78 Å². The molecule has 2 aliphatic heterocycles. The number of anilines is 1. The van der Waals surface area contributed by atoms with Crippen molar-refractivity contribution in [2.24, 2.45) is 5.41 Å². The van der Waals surface area contributed by atoms with Crippen molar-refractivity contribution in [1.82, 2.24) is 25.5 Å². The molecule has 0 atom stereocenters. The zero-order valence-corrected chi connectivity index (χ0v) is 14.7. The second-order valence-corrected chi connectivity index (χ2v) is 8.02. The van der Waals surface area contributed by atoms with Gasteiger partial charge in [0.2, 0.25) is 5.95 Å². The van der Waals surface area contributed by atoms with E-state index in [-0.39, 0.29) is 16.8 Å². The number of hydrogen-bond acceptors (Lipinski definition) is 5. The van der Waals surface area contributed by atoms with Gasteiger partial charge in [0.05, 0.1) is 0 Å². The fourth-order valence-corrected chi connectivity index (χ4v) is 4.48. The first-order valence-electron chi connectivity index (χ1n) is 9.19. The van der Waals surface area contributed by atoms with Gasteiger partial charge in [-0.1, -0.05) is 0 Å². The molecule has 2 aliphatic carbocycles. The maximum Gasteiger partial charge on any atom is 0.333 e. The van der Waals surface area contributed by atoms with Crippen molar-refractivity contribution in [2.75, 3.05) is 25.0 Å². The molecule has 2 bridgehead atoms. The molecule has 0 spiro atoms. The van der Waals surface area contributed by atoms with Crippen LogP contribution in [-0.2, 0) is 5.92 Å². The van der Waals surface area contributed by atoms with E-state index in [1.807, 2.05) is 7.05 Å². The summed E-state index contributed by atoms with van der Waals surface area (Å²) in [5.74, 6) is -2.47. The summed E-state index contributed by atoms with van der Waals surface area (Å²) in [5.41, 5.74) is 0.482. The van der Waals surface area contributed by atoms with Gasteiger partial charge in [0, 0.05) is 42.4 Å². The summed E-state index contributed by atoms with van der Waals surface area (Å²) < 4.78 is 29.9. The normalized spacial score (nSPS) is 27.7. The average Bonchev–Trinajstić information content (AvgIpc) is 3.06. The molecule has 2 N–H and O–H groups in total. The van der Waals surface area contributed by atoms with Crippen molar-refractivity contribution in [2.45, 2.75) is 43.6 Å². The van der Waals surface area contributed by atoms with Crippen molar-refractivity contribution in [3.05, 3.63) is 35.4 Å². The predicted octanol–water partition coefficient (Wildman–Crippen LogP) is 2.41. The molecule has 138 valence electrons. The Bertz CT molecular complexity index is 825. The van der Waals surface area contributed by atoms with Gasteiger partial charge in [0.1, 0.15) is 11.4 Å². The second-order valence-electron chi connectivity index (χ2n) is 8.02. The van der Waals surface area contributed by atoms with Gasteiger partial charge in [0.25, 0.3) is 0 Å². The number of alkyl halides is 2. The highest BCUT2D eigenvalue weighted by Crippen LogP contribution is 2.52. The molecule has 2 saturated carbocycles. The minimum Gasteiger partial charge on any atom is -0.337 e. The first kappa shape index (κ1) is 16.1. The number of halogens is 2. The van der Waals surface area contributed by atoms with Crippen molar-refractivity contribution in [3.63, 3.8) is 0 Å². The maximum atomic E-state index is 15.0. The highest BCUT2D eigenvalue weighted by molar-refractivity contribution is 5.41. The Morgan fingerprint density at radius 3 is 2.88 bits per heavy atom. The van der Waals surface area contributed by atoms with Crippen molar-refractivity contribution >= 4 is 5.95 Å². The topological polar surface area (TPSA) is 69.7 Å². The van der Waals surface area contributed by atoms with Crippen LogP contribution in [0, 0.1) is 5.41 Å². The monoisotopic (exact) mass is 360 g/mol. The van der Waals surface area contributed by atoms with Gasteiger partial charge in [-0.3, -0.25) is 5.10 Å². The van der Waals surface area contributed by atoms with Crippen molar-refractivity contribution in [1.29, 1.82) is 0 Å². The summed E-state index contributed by atoms with van der Waals surface area (Å²) in [6.45, 7) is 1.76. The van der Waals surface area contributed by atoms with Crippen LogP contribution in [0.2, 0.25) is 0 Å². The summed E-state index contributed by atoms with van der Waals surface area (Å²) >= 11 is 0. The van der Waals surface area contributed by atoms with Crippen LogP contribution in [0.5, 0.6) is 0 Å². The lowest BCUT2D eigenvalue weighted by Crippen LogP contribution is -2.41. The van der Waals surface area contributed by atoms with Crippen LogP contribution >= 0.6 is 0 Å². The first-order valence-corrected chi connectivity index (χ1v) is 9.19. The highest BCUT2D eigenvalue weighted by atomic mass is 19.3. The van der Waals surface area contributed by atoms with Crippen LogP contribution in [0.4, 0.5) is 14.7 Å². The van der Waals surface area contributed by atoms with Gasteiger partial charge < -0.3 is 10.2 Å². The molecule has 4 heterocycles. The van der Waals surface area contributed by atoms with Crippen LogP contribution in [0.3, 0.4) is 0 Å². The Hall–Kier alpha value is -2.09. The Morgan fingerprint density at radius 1 is 1.35 bits per heavy atom. The number of nitrogens with zero attached hydrogens (tertiary/aromatic N) is 4.